The standard InChI is InChI=1S/C17H11Cl3F3N3S/c18-9-2-1-3-10(19)12(9)15-25-13(16-24-4-5-27-16)14-11(20)6-8(7-26(14)15)17(21,22)23/h1-3,6-7,16,24H,4-5H2/t16-/m1/s1. The van der Waals surface area contributed by atoms with Crippen molar-refractivity contribution in [1.82, 2.24) is 14.7 Å². The molecule has 3 nitrogen and oxygen atoms in total. The molecule has 0 aliphatic carbocycles. The minimum atomic E-state index is -4.55. The third-order valence-electron chi connectivity index (χ3n) is 4.19. The van der Waals surface area contributed by atoms with E-state index in [1.54, 1.807) is 30.0 Å². The van der Waals surface area contributed by atoms with Crippen LogP contribution >= 0.6 is 46.6 Å². The van der Waals surface area contributed by atoms with Gasteiger partial charge in [0.2, 0.25) is 0 Å². The highest BCUT2D eigenvalue weighted by Crippen LogP contribution is 2.42. The van der Waals surface area contributed by atoms with Crippen LogP contribution in [0.5, 0.6) is 0 Å². The predicted molar refractivity (Wildman–Crippen MR) is 104 cm³/mol. The molecule has 10 heteroatoms. The Labute approximate surface area is 171 Å². The number of rotatable bonds is 2. The van der Waals surface area contributed by atoms with E-state index in [4.69, 9.17) is 34.8 Å². The molecule has 0 saturated carbocycles. The lowest BCUT2D eigenvalue weighted by molar-refractivity contribution is -0.137. The van der Waals surface area contributed by atoms with E-state index in [-0.39, 0.29) is 16.2 Å². The van der Waals surface area contributed by atoms with Crippen molar-refractivity contribution in [3.05, 3.63) is 56.8 Å². The average molecular weight is 453 g/mol. The normalized spacial score (nSPS) is 17.8. The Morgan fingerprint density at radius 2 is 1.85 bits per heavy atom. The van der Waals surface area contributed by atoms with Gasteiger partial charge in [-0.3, -0.25) is 9.72 Å². The van der Waals surface area contributed by atoms with Gasteiger partial charge < -0.3 is 0 Å². The van der Waals surface area contributed by atoms with Crippen molar-refractivity contribution >= 4 is 52.1 Å². The van der Waals surface area contributed by atoms with E-state index in [1.807, 2.05) is 0 Å². The van der Waals surface area contributed by atoms with Crippen LogP contribution in [0.1, 0.15) is 16.6 Å². The van der Waals surface area contributed by atoms with Crippen molar-refractivity contribution in [3.8, 4) is 11.4 Å². The zero-order chi connectivity index (χ0) is 19.3. The highest BCUT2D eigenvalue weighted by atomic mass is 35.5. The lowest BCUT2D eigenvalue weighted by Crippen LogP contribution is -2.13. The van der Waals surface area contributed by atoms with Crippen molar-refractivity contribution in [2.45, 2.75) is 11.6 Å². The molecule has 1 aliphatic rings. The van der Waals surface area contributed by atoms with Gasteiger partial charge in [0, 0.05) is 18.5 Å². The lowest BCUT2D eigenvalue weighted by Gasteiger charge is -2.12. The average Bonchev–Trinajstić information content (AvgIpc) is 3.22. The Hall–Kier alpha value is -1.12. The Balaban J connectivity index is 2.07. The molecule has 3 aromatic rings. The van der Waals surface area contributed by atoms with E-state index in [2.05, 4.69) is 10.3 Å². The van der Waals surface area contributed by atoms with Gasteiger partial charge in [0.25, 0.3) is 0 Å². The van der Waals surface area contributed by atoms with Crippen molar-refractivity contribution in [2.24, 2.45) is 0 Å². The van der Waals surface area contributed by atoms with Crippen LogP contribution in [-0.4, -0.2) is 21.7 Å². The molecule has 1 saturated heterocycles. The highest BCUT2D eigenvalue weighted by Gasteiger charge is 2.34. The molecule has 0 unspecified atom stereocenters. The van der Waals surface area contributed by atoms with Gasteiger partial charge in [0.05, 0.1) is 42.8 Å². The number of alkyl halides is 3. The van der Waals surface area contributed by atoms with Crippen molar-refractivity contribution in [1.29, 1.82) is 0 Å². The summed E-state index contributed by atoms with van der Waals surface area (Å²) in [6, 6.07) is 5.80. The van der Waals surface area contributed by atoms with Crippen molar-refractivity contribution in [2.75, 3.05) is 12.3 Å². The first-order valence-electron chi connectivity index (χ1n) is 7.85. The third-order valence-corrected chi connectivity index (χ3v) is 6.27. The van der Waals surface area contributed by atoms with Gasteiger partial charge in [-0.25, -0.2) is 4.98 Å². The van der Waals surface area contributed by atoms with Crippen LogP contribution in [-0.2, 0) is 6.18 Å². The Morgan fingerprint density at radius 1 is 1.15 bits per heavy atom. The number of hydrogen-bond acceptors (Lipinski definition) is 3. The summed E-state index contributed by atoms with van der Waals surface area (Å²) >= 11 is 20.5. The minimum absolute atomic E-state index is 0.0314. The lowest BCUT2D eigenvalue weighted by atomic mass is 10.2. The maximum absolute atomic E-state index is 13.3. The van der Waals surface area contributed by atoms with Crippen molar-refractivity contribution < 1.29 is 13.2 Å². The monoisotopic (exact) mass is 451 g/mol. The molecule has 0 radical (unpaired) electrons. The number of pyridine rings is 1. The second kappa shape index (κ2) is 7.04. The van der Waals surface area contributed by atoms with Crippen LogP contribution in [0.25, 0.3) is 16.9 Å². The zero-order valence-electron chi connectivity index (χ0n) is 13.4. The molecule has 1 N–H and O–H groups in total. The molecule has 0 amide bonds. The summed E-state index contributed by atoms with van der Waals surface area (Å²) in [5.74, 6) is 1.09. The minimum Gasteiger partial charge on any atom is -0.299 e. The highest BCUT2D eigenvalue weighted by molar-refractivity contribution is 7.99. The van der Waals surface area contributed by atoms with Gasteiger partial charge in [0.1, 0.15) is 5.82 Å². The fourth-order valence-electron chi connectivity index (χ4n) is 3.02. The number of imidazole rings is 1. The first-order valence-corrected chi connectivity index (χ1v) is 10.0. The van der Waals surface area contributed by atoms with Gasteiger partial charge in [-0.15, -0.1) is 11.8 Å². The van der Waals surface area contributed by atoms with E-state index in [0.29, 0.717) is 26.8 Å². The van der Waals surface area contributed by atoms with Crippen molar-refractivity contribution in [3.63, 3.8) is 0 Å². The Kier molecular flexibility index (Phi) is 5.01. The maximum atomic E-state index is 13.3. The molecular formula is C17H11Cl3F3N3S. The number of nitrogens with zero attached hydrogens (tertiary/aromatic N) is 2. The SMILES string of the molecule is FC(F)(F)c1cc(Cl)c2c([C@@H]3NCCS3)nc(-c3c(Cl)cccc3Cl)n2c1. The molecule has 4 rings (SSSR count). The van der Waals surface area contributed by atoms with E-state index >= 15 is 0 Å². The summed E-state index contributed by atoms with van der Waals surface area (Å²) in [6.07, 6.45) is -3.57. The number of benzene rings is 1. The van der Waals surface area contributed by atoms with Crippen LogP contribution in [0.2, 0.25) is 15.1 Å². The molecule has 1 aliphatic heterocycles. The van der Waals surface area contributed by atoms with Crippen LogP contribution in [0.15, 0.2) is 30.5 Å². The van der Waals surface area contributed by atoms with Crippen LogP contribution in [0, 0.1) is 0 Å². The van der Waals surface area contributed by atoms with Gasteiger partial charge in [-0.1, -0.05) is 40.9 Å². The summed E-state index contributed by atoms with van der Waals surface area (Å²) in [7, 11) is 0. The Morgan fingerprint density at radius 3 is 2.44 bits per heavy atom. The van der Waals surface area contributed by atoms with Crippen LogP contribution < -0.4 is 5.32 Å². The van der Waals surface area contributed by atoms with E-state index < -0.39 is 11.7 Å². The fourth-order valence-corrected chi connectivity index (χ4v) is 4.92. The number of fused-ring (bicyclic) bond motifs is 1. The third kappa shape index (κ3) is 3.40. The number of hydrogen-bond donors (Lipinski definition) is 1. The number of nitrogens with one attached hydrogen (secondary N) is 1. The number of aromatic nitrogens is 2. The summed E-state index contributed by atoms with van der Waals surface area (Å²) < 4.78 is 41.3. The smallest absolute Gasteiger partial charge is 0.299 e. The van der Waals surface area contributed by atoms with E-state index in [0.717, 1.165) is 24.6 Å². The first-order chi connectivity index (χ1) is 12.8. The summed E-state index contributed by atoms with van der Waals surface area (Å²) in [5.41, 5.74) is 0.450. The van der Waals surface area contributed by atoms with Gasteiger partial charge >= 0.3 is 6.18 Å². The zero-order valence-corrected chi connectivity index (χ0v) is 16.5. The Bertz CT molecular complexity index is 1010. The molecule has 2 aromatic heterocycles. The molecular weight excluding hydrogens is 442 g/mol. The van der Waals surface area contributed by atoms with E-state index in [9.17, 15) is 13.2 Å². The topological polar surface area (TPSA) is 29.3 Å². The molecule has 27 heavy (non-hydrogen) atoms. The fraction of sp³-hybridized carbons (Fsp3) is 0.235. The number of thioether (sulfide) groups is 1. The largest absolute Gasteiger partial charge is 0.417 e. The second-order valence-corrected chi connectivity index (χ2v) is 8.35. The quantitative estimate of drug-likeness (QED) is 0.494. The summed E-state index contributed by atoms with van der Waals surface area (Å²) in [4.78, 5) is 4.61. The number of halogens is 6. The van der Waals surface area contributed by atoms with E-state index in [1.165, 1.54) is 4.40 Å². The first kappa shape index (κ1) is 19.2. The molecule has 1 atom stereocenters. The summed E-state index contributed by atoms with van der Waals surface area (Å²) in [6.45, 7) is 0.773. The second-order valence-electron chi connectivity index (χ2n) is 5.92. The van der Waals surface area contributed by atoms with Gasteiger partial charge in [-0.05, 0) is 18.2 Å². The maximum Gasteiger partial charge on any atom is 0.417 e. The van der Waals surface area contributed by atoms with Crippen LogP contribution in [0.4, 0.5) is 13.2 Å². The molecule has 0 spiro atoms. The van der Waals surface area contributed by atoms with Crippen LogP contribution in [0.3, 0.4) is 0 Å². The molecule has 142 valence electrons. The summed E-state index contributed by atoms with van der Waals surface area (Å²) in [5, 5.41) is 3.65. The molecule has 1 aromatic carbocycles. The molecule has 1 fully saturated rings. The molecule has 0 bridgehead atoms. The van der Waals surface area contributed by atoms with Gasteiger partial charge in [-0.2, -0.15) is 13.2 Å². The van der Waals surface area contributed by atoms with Gasteiger partial charge in [0.15, 0.2) is 0 Å². The molecule has 3 heterocycles. The predicted octanol–water partition coefficient (Wildman–Crippen LogP) is 6.32.